The first-order chi connectivity index (χ1) is 11.9. The number of benzene rings is 2. The van der Waals surface area contributed by atoms with Crippen molar-refractivity contribution in [3.05, 3.63) is 47.0 Å². The topological polar surface area (TPSA) is 72.9 Å². The molecule has 0 saturated carbocycles. The molecule has 0 aliphatic carbocycles. The molecule has 0 amide bonds. The van der Waals surface area contributed by atoms with Gasteiger partial charge >= 0.3 is 0 Å². The number of fused-ring (bicyclic) bond motifs is 1. The molecule has 132 valence electrons. The summed E-state index contributed by atoms with van der Waals surface area (Å²) >= 11 is 5.94. The van der Waals surface area contributed by atoms with Crippen LogP contribution >= 0.6 is 11.6 Å². The van der Waals surface area contributed by atoms with E-state index < -0.39 is 10.0 Å². The smallest absolute Gasteiger partial charge is 0.264 e. The standard InChI is InChI=1S/C17H16ClNO5S/c1-23-16-6-4-12(10-17(16)24-2)25(21,22)19-8-7-15(20)13-9-11(18)3-5-14(13)19/h3-6,9-10H,7-8H2,1-2H3. The minimum atomic E-state index is -3.87. The molecule has 0 radical (unpaired) electrons. The zero-order valence-electron chi connectivity index (χ0n) is 13.7. The van der Waals surface area contributed by atoms with E-state index >= 15 is 0 Å². The summed E-state index contributed by atoms with van der Waals surface area (Å²) in [5, 5.41) is 0.387. The van der Waals surface area contributed by atoms with Crippen molar-refractivity contribution in [1.29, 1.82) is 0 Å². The first-order valence-corrected chi connectivity index (χ1v) is 9.28. The number of ether oxygens (including phenoxy) is 2. The third-order valence-corrected chi connectivity index (χ3v) is 6.06. The first kappa shape index (κ1) is 17.6. The Hall–Kier alpha value is -2.25. The molecule has 1 heterocycles. The Balaban J connectivity index is 2.10. The molecule has 2 aromatic rings. The molecule has 0 spiro atoms. The van der Waals surface area contributed by atoms with Crippen molar-refractivity contribution in [3.63, 3.8) is 0 Å². The lowest BCUT2D eigenvalue weighted by Gasteiger charge is -2.30. The van der Waals surface area contributed by atoms with Crippen LogP contribution in [0.25, 0.3) is 0 Å². The Kier molecular flexibility index (Phi) is 4.62. The number of sulfonamides is 1. The van der Waals surface area contributed by atoms with Crippen molar-refractivity contribution in [2.24, 2.45) is 0 Å². The summed E-state index contributed by atoms with van der Waals surface area (Å²) in [6.07, 6.45) is 0.0971. The minimum Gasteiger partial charge on any atom is -0.493 e. The van der Waals surface area contributed by atoms with Crippen LogP contribution in [0.5, 0.6) is 11.5 Å². The van der Waals surface area contributed by atoms with Crippen LogP contribution in [0.1, 0.15) is 16.8 Å². The Labute approximate surface area is 151 Å². The van der Waals surface area contributed by atoms with Crippen LogP contribution < -0.4 is 13.8 Å². The number of rotatable bonds is 4. The number of hydrogen-bond acceptors (Lipinski definition) is 5. The van der Waals surface area contributed by atoms with Crippen LogP contribution in [-0.2, 0) is 10.0 Å². The van der Waals surface area contributed by atoms with Crippen LogP contribution in [0.4, 0.5) is 5.69 Å². The zero-order valence-corrected chi connectivity index (χ0v) is 15.2. The molecule has 0 bridgehead atoms. The number of carbonyl (C=O) groups excluding carboxylic acids is 1. The van der Waals surface area contributed by atoms with Crippen LogP contribution in [0.15, 0.2) is 41.3 Å². The Morgan fingerprint density at radius 2 is 1.76 bits per heavy atom. The van der Waals surface area contributed by atoms with E-state index in [1.807, 2.05) is 0 Å². The maximum Gasteiger partial charge on any atom is 0.264 e. The van der Waals surface area contributed by atoms with Gasteiger partial charge in [0, 0.05) is 29.6 Å². The second kappa shape index (κ2) is 6.57. The van der Waals surface area contributed by atoms with Gasteiger partial charge in [0.1, 0.15) is 0 Å². The summed E-state index contributed by atoms with van der Waals surface area (Å²) in [4.78, 5) is 12.2. The predicted octanol–water partition coefficient (Wildman–Crippen LogP) is 3.14. The lowest BCUT2D eigenvalue weighted by molar-refractivity contribution is 0.0982. The quantitative estimate of drug-likeness (QED) is 0.813. The molecular formula is C17H16ClNO5S. The third-order valence-electron chi connectivity index (χ3n) is 4.01. The minimum absolute atomic E-state index is 0.0559. The zero-order chi connectivity index (χ0) is 18.2. The highest BCUT2D eigenvalue weighted by atomic mass is 35.5. The fourth-order valence-electron chi connectivity index (χ4n) is 2.76. The van der Waals surface area contributed by atoms with Gasteiger partial charge in [-0.2, -0.15) is 0 Å². The molecule has 0 fully saturated rings. The summed E-state index contributed by atoms with van der Waals surface area (Å²) in [5.41, 5.74) is 0.637. The number of nitrogens with zero attached hydrogens (tertiary/aromatic N) is 1. The summed E-state index contributed by atoms with van der Waals surface area (Å²) in [6, 6.07) is 8.99. The van der Waals surface area contributed by atoms with Crippen LogP contribution in [-0.4, -0.2) is 35.0 Å². The molecule has 2 aromatic carbocycles. The largest absolute Gasteiger partial charge is 0.493 e. The summed E-state index contributed by atoms with van der Waals surface area (Å²) < 4.78 is 37.7. The lowest BCUT2D eigenvalue weighted by Crippen LogP contribution is -2.37. The van der Waals surface area contributed by atoms with Gasteiger partial charge in [-0.1, -0.05) is 11.6 Å². The maximum atomic E-state index is 13.1. The average Bonchev–Trinajstić information content (AvgIpc) is 2.61. The molecule has 1 aliphatic heterocycles. The van der Waals surface area contributed by atoms with E-state index in [2.05, 4.69) is 0 Å². The highest BCUT2D eigenvalue weighted by molar-refractivity contribution is 7.92. The molecule has 3 rings (SSSR count). The second-order valence-electron chi connectivity index (χ2n) is 5.43. The van der Waals surface area contributed by atoms with Gasteiger partial charge in [0.2, 0.25) is 0 Å². The highest BCUT2D eigenvalue weighted by Crippen LogP contribution is 2.36. The maximum absolute atomic E-state index is 13.1. The van der Waals surface area contributed by atoms with E-state index in [0.29, 0.717) is 27.8 Å². The van der Waals surface area contributed by atoms with Crippen molar-refractivity contribution in [3.8, 4) is 11.5 Å². The number of ketones is 1. The van der Waals surface area contributed by atoms with Gasteiger partial charge in [-0.25, -0.2) is 8.42 Å². The molecule has 6 nitrogen and oxygen atoms in total. The van der Waals surface area contributed by atoms with E-state index in [9.17, 15) is 13.2 Å². The van der Waals surface area contributed by atoms with Crippen LogP contribution in [0.3, 0.4) is 0 Å². The fraction of sp³-hybridized carbons (Fsp3) is 0.235. The molecule has 0 atom stereocenters. The van der Waals surface area contributed by atoms with Crippen LogP contribution in [0, 0.1) is 0 Å². The molecular weight excluding hydrogens is 366 g/mol. The van der Waals surface area contributed by atoms with E-state index in [1.54, 1.807) is 12.1 Å². The Morgan fingerprint density at radius 3 is 2.44 bits per heavy atom. The number of anilines is 1. The molecule has 0 saturated heterocycles. The van der Waals surface area contributed by atoms with Gasteiger partial charge in [0.05, 0.1) is 24.8 Å². The average molecular weight is 382 g/mol. The van der Waals surface area contributed by atoms with Gasteiger partial charge in [-0.3, -0.25) is 9.10 Å². The SMILES string of the molecule is COc1ccc(S(=O)(=O)N2CCC(=O)c3cc(Cl)ccc32)cc1OC. The summed E-state index contributed by atoms with van der Waals surface area (Å²) in [6.45, 7) is 0.0736. The van der Waals surface area contributed by atoms with Gasteiger partial charge in [-0.05, 0) is 30.3 Å². The summed E-state index contributed by atoms with van der Waals surface area (Å²) in [7, 11) is -0.957. The van der Waals surface area contributed by atoms with E-state index in [4.69, 9.17) is 21.1 Å². The normalized spacial score (nSPS) is 14.2. The summed E-state index contributed by atoms with van der Waals surface area (Å²) in [5.74, 6) is 0.617. The van der Waals surface area contributed by atoms with Crippen LogP contribution in [0.2, 0.25) is 5.02 Å². The molecule has 25 heavy (non-hydrogen) atoms. The predicted molar refractivity (Wildman–Crippen MR) is 94.5 cm³/mol. The third kappa shape index (κ3) is 3.05. The van der Waals surface area contributed by atoms with Gasteiger partial charge < -0.3 is 9.47 Å². The Morgan fingerprint density at radius 1 is 1.04 bits per heavy atom. The second-order valence-corrected chi connectivity index (χ2v) is 7.73. The van der Waals surface area contributed by atoms with Gasteiger partial charge in [-0.15, -0.1) is 0 Å². The van der Waals surface area contributed by atoms with E-state index in [1.165, 1.54) is 42.8 Å². The highest BCUT2D eigenvalue weighted by Gasteiger charge is 2.33. The number of Topliss-reactive ketones (excluding diaryl/α,β-unsaturated/α-hetero) is 1. The number of halogens is 1. The van der Waals surface area contributed by atoms with Crippen molar-refractivity contribution in [1.82, 2.24) is 0 Å². The molecule has 8 heteroatoms. The molecule has 1 aliphatic rings. The van der Waals surface area contributed by atoms with Crippen molar-refractivity contribution >= 4 is 33.1 Å². The number of carbonyl (C=O) groups is 1. The number of methoxy groups -OCH3 is 2. The van der Waals surface area contributed by atoms with Gasteiger partial charge in [0.15, 0.2) is 17.3 Å². The van der Waals surface area contributed by atoms with Gasteiger partial charge in [0.25, 0.3) is 10.0 Å². The van der Waals surface area contributed by atoms with Crippen molar-refractivity contribution in [2.45, 2.75) is 11.3 Å². The fourth-order valence-corrected chi connectivity index (χ4v) is 4.43. The van der Waals surface area contributed by atoms with Crippen molar-refractivity contribution in [2.75, 3.05) is 25.1 Å². The lowest BCUT2D eigenvalue weighted by atomic mass is 10.0. The van der Waals surface area contributed by atoms with E-state index in [0.717, 1.165) is 0 Å². The molecule has 0 aromatic heterocycles. The monoisotopic (exact) mass is 381 g/mol. The molecule has 0 unspecified atom stereocenters. The molecule has 0 N–H and O–H groups in total. The number of hydrogen-bond donors (Lipinski definition) is 0. The Bertz CT molecular complexity index is 942. The van der Waals surface area contributed by atoms with Crippen molar-refractivity contribution < 1.29 is 22.7 Å². The van der Waals surface area contributed by atoms with E-state index in [-0.39, 0.29) is 23.6 Å². The first-order valence-electron chi connectivity index (χ1n) is 7.46.